The highest BCUT2D eigenvalue weighted by Crippen LogP contribution is 2.31. The number of rotatable bonds is 9. The van der Waals surface area contributed by atoms with Crippen molar-refractivity contribution < 1.29 is 27.5 Å². The summed E-state index contributed by atoms with van der Waals surface area (Å²) < 4.78 is 44.1. The summed E-state index contributed by atoms with van der Waals surface area (Å²) in [5.74, 6) is -0.716. The van der Waals surface area contributed by atoms with Gasteiger partial charge in [-0.15, -0.1) is 0 Å². The van der Waals surface area contributed by atoms with Crippen LogP contribution in [0.25, 0.3) is 0 Å². The number of hydrogen-bond acceptors (Lipinski definition) is 3. The van der Waals surface area contributed by atoms with Crippen molar-refractivity contribution in [2.24, 2.45) is 5.92 Å². The van der Waals surface area contributed by atoms with Crippen molar-refractivity contribution in [1.82, 2.24) is 10.6 Å². The Morgan fingerprint density at radius 1 is 1.00 bits per heavy atom. The molecule has 1 atom stereocenters. The molecule has 162 valence electrons. The zero-order chi connectivity index (χ0) is 22.0. The van der Waals surface area contributed by atoms with Crippen molar-refractivity contribution in [3.8, 4) is 0 Å². The first-order valence-electron chi connectivity index (χ1n) is 9.66. The molecular weight excluding hydrogens is 397 g/mol. The predicted octanol–water partition coefficient (Wildman–Crippen LogP) is 4.78. The lowest BCUT2D eigenvalue weighted by molar-refractivity contribution is -0.137. The predicted molar refractivity (Wildman–Crippen MR) is 107 cm³/mol. The number of carbonyl (C=O) groups is 2. The molecule has 2 rings (SSSR count). The molecule has 2 aromatic rings. The first kappa shape index (κ1) is 23.3. The number of ether oxygens (including phenoxy) is 1. The van der Waals surface area contributed by atoms with Crippen molar-refractivity contribution in [3.63, 3.8) is 0 Å². The molecule has 0 saturated carbocycles. The van der Waals surface area contributed by atoms with Crippen molar-refractivity contribution in [2.45, 2.75) is 32.5 Å². The van der Waals surface area contributed by atoms with Crippen LogP contribution in [0.1, 0.15) is 41.3 Å². The van der Waals surface area contributed by atoms with Crippen molar-refractivity contribution in [3.05, 3.63) is 71.3 Å². The molecule has 0 saturated heterocycles. The SMILES string of the molecule is C[C@@H](CCCNC(=O)OCc1ccccc1)CNC(=O)c1ccccc1C(F)(F)F. The van der Waals surface area contributed by atoms with E-state index in [0.717, 1.165) is 17.7 Å². The van der Waals surface area contributed by atoms with Crippen LogP contribution in [0, 0.1) is 5.92 Å². The van der Waals surface area contributed by atoms with Gasteiger partial charge >= 0.3 is 12.3 Å². The Morgan fingerprint density at radius 2 is 1.67 bits per heavy atom. The average molecular weight is 422 g/mol. The van der Waals surface area contributed by atoms with Gasteiger partial charge in [0.25, 0.3) is 5.91 Å². The summed E-state index contributed by atoms with van der Waals surface area (Å²) in [6, 6.07) is 14.0. The first-order valence-corrected chi connectivity index (χ1v) is 9.66. The van der Waals surface area contributed by atoms with Crippen molar-refractivity contribution in [1.29, 1.82) is 0 Å². The molecule has 0 fully saturated rings. The summed E-state index contributed by atoms with van der Waals surface area (Å²) >= 11 is 0. The van der Waals surface area contributed by atoms with Gasteiger partial charge in [-0.05, 0) is 36.5 Å². The summed E-state index contributed by atoms with van der Waals surface area (Å²) in [7, 11) is 0. The van der Waals surface area contributed by atoms with Gasteiger partial charge in [-0.3, -0.25) is 4.79 Å². The van der Waals surface area contributed by atoms with E-state index in [0.29, 0.717) is 19.4 Å². The van der Waals surface area contributed by atoms with E-state index in [1.165, 1.54) is 12.1 Å². The molecule has 30 heavy (non-hydrogen) atoms. The van der Waals surface area contributed by atoms with Crippen molar-refractivity contribution >= 4 is 12.0 Å². The second kappa shape index (κ2) is 11.2. The van der Waals surface area contributed by atoms with Crippen LogP contribution in [-0.2, 0) is 17.5 Å². The average Bonchev–Trinajstić information content (AvgIpc) is 2.73. The van der Waals surface area contributed by atoms with E-state index in [1.54, 1.807) is 0 Å². The van der Waals surface area contributed by atoms with E-state index in [9.17, 15) is 22.8 Å². The fourth-order valence-electron chi connectivity index (χ4n) is 2.81. The molecule has 0 bridgehead atoms. The van der Waals surface area contributed by atoms with Crippen LogP contribution >= 0.6 is 0 Å². The highest BCUT2D eigenvalue weighted by molar-refractivity contribution is 5.95. The van der Waals surface area contributed by atoms with E-state index < -0.39 is 23.7 Å². The summed E-state index contributed by atoms with van der Waals surface area (Å²) in [5.41, 5.74) is -0.447. The number of alkyl carbamates (subject to hydrolysis) is 1. The van der Waals surface area contributed by atoms with Crippen LogP contribution in [0.5, 0.6) is 0 Å². The van der Waals surface area contributed by atoms with E-state index in [2.05, 4.69) is 10.6 Å². The first-order chi connectivity index (χ1) is 14.3. The van der Waals surface area contributed by atoms with Crippen LogP contribution in [-0.4, -0.2) is 25.1 Å². The molecular formula is C22H25F3N2O3. The number of benzene rings is 2. The fraction of sp³-hybridized carbons (Fsp3) is 0.364. The molecule has 8 heteroatoms. The molecule has 0 spiro atoms. The molecule has 5 nitrogen and oxygen atoms in total. The van der Waals surface area contributed by atoms with Crippen LogP contribution in [0.4, 0.5) is 18.0 Å². The molecule has 0 aliphatic rings. The molecule has 0 aliphatic carbocycles. The van der Waals surface area contributed by atoms with E-state index in [-0.39, 0.29) is 24.6 Å². The third kappa shape index (κ3) is 7.77. The molecule has 0 radical (unpaired) electrons. The molecule has 0 unspecified atom stereocenters. The van der Waals surface area contributed by atoms with Gasteiger partial charge in [0.1, 0.15) is 6.61 Å². The van der Waals surface area contributed by atoms with Crippen LogP contribution in [0.3, 0.4) is 0 Å². The Bertz CT molecular complexity index is 826. The lowest BCUT2D eigenvalue weighted by Crippen LogP contribution is -2.30. The maximum atomic E-state index is 13.0. The minimum atomic E-state index is -4.58. The summed E-state index contributed by atoms with van der Waals surface area (Å²) in [6.45, 7) is 2.71. The largest absolute Gasteiger partial charge is 0.445 e. The monoisotopic (exact) mass is 422 g/mol. The second-order valence-electron chi connectivity index (χ2n) is 6.99. The Labute approximate surface area is 173 Å². The van der Waals surface area contributed by atoms with Crippen LogP contribution in [0.15, 0.2) is 54.6 Å². The molecule has 0 aromatic heterocycles. The highest BCUT2D eigenvalue weighted by Gasteiger charge is 2.34. The maximum Gasteiger partial charge on any atom is 0.417 e. The zero-order valence-electron chi connectivity index (χ0n) is 16.7. The molecule has 2 aromatic carbocycles. The minimum Gasteiger partial charge on any atom is -0.445 e. The van der Waals surface area contributed by atoms with Gasteiger partial charge in [-0.1, -0.05) is 49.4 Å². The third-order valence-corrected chi connectivity index (χ3v) is 4.44. The van der Waals surface area contributed by atoms with Crippen molar-refractivity contribution in [2.75, 3.05) is 13.1 Å². The van der Waals surface area contributed by atoms with E-state index in [1.807, 2.05) is 37.3 Å². The number of nitrogens with one attached hydrogen (secondary N) is 2. The van der Waals surface area contributed by atoms with Crippen LogP contribution < -0.4 is 10.6 Å². The second-order valence-corrected chi connectivity index (χ2v) is 6.99. The quantitative estimate of drug-likeness (QED) is 0.572. The Kier molecular flexibility index (Phi) is 8.70. The summed E-state index contributed by atoms with van der Waals surface area (Å²) in [4.78, 5) is 23.8. The number of carbonyl (C=O) groups excluding carboxylic acids is 2. The highest BCUT2D eigenvalue weighted by atomic mass is 19.4. The van der Waals surface area contributed by atoms with Gasteiger partial charge in [0.15, 0.2) is 0 Å². The lowest BCUT2D eigenvalue weighted by atomic mass is 10.0. The Morgan fingerprint density at radius 3 is 2.37 bits per heavy atom. The zero-order valence-corrected chi connectivity index (χ0v) is 16.7. The van der Waals surface area contributed by atoms with E-state index in [4.69, 9.17) is 4.74 Å². The molecule has 2 N–H and O–H groups in total. The molecule has 0 aliphatic heterocycles. The van der Waals surface area contributed by atoms with Gasteiger partial charge in [0.2, 0.25) is 0 Å². The number of halogens is 3. The van der Waals surface area contributed by atoms with Crippen LogP contribution in [0.2, 0.25) is 0 Å². The number of alkyl halides is 3. The van der Waals surface area contributed by atoms with Gasteiger partial charge in [-0.2, -0.15) is 13.2 Å². The normalized spacial score (nSPS) is 12.1. The van der Waals surface area contributed by atoms with E-state index >= 15 is 0 Å². The van der Waals surface area contributed by atoms with Gasteiger partial charge in [0.05, 0.1) is 11.1 Å². The Balaban J connectivity index is 1.65. The number of amides is 2. The topological polar surface area (TPSA) is 67.4 Å². The fourth-order valence-corrected chi connectivity index (χ4v) is 2.81. The smallest absolute Gasteiger partial charge is 0.417 e. The summed E-state index contributed by atoms with van der Waals surface area (Å²) in [6.07, 6.45) is -3.76. The Hall–Kier alpha value is -3.03. The lowest BCUT2D eigenvalue weighted by Gasteiger charge is -2.15. The maximum absolute atomic E-state index is 13.0. The standard InChI is InChI=1S/C22H25F3N2O3/c1-16(8-7-13-26-21(29)30-15-17-9-3-2-4-10-17)14-27-20(28)18-11-5-6-12-19(18)22(23,24)25/h2-6,9-12,16H,7-8,13-15H2,1H3,(H,26,29)(H,27,28)/t16-/m0/s1. The third-order valence-electron chi connectivity index (χ3n) is 4.44. The summed E-state index contributed by atoms with van der Waals surface area (Å²) in [5, 5.41) is 5.20. The number of hydrogen-bond donors (Lipinski definition) is 2. The van der Waals surface area contributed by atoms with Gasteiger partial charge in [0, 0.05) is 13.1 Å². The molecule has 0 heterocycles. The van der Waals surface area contributed by atoms with Gasteiger partial charge in [-0.25, -0.2) is 4.79 Å². The van der Waals surface area contributed by atoms with Gasteiger partial charge < -0.3 is 15.4 Å². The molecule has 2 amide bonds. The minimum absolute atomic E-state index is 0.0362.